The summed E-state index contributed by atoms with van der Waals surface area (Å²) in [5.74, 6) is -0.0512. The second-order valence-corrected chi connectivity index (χ2v) is 8.99. The minimum atomic E-state index is -1.26. The van der Waals surface area contributed by atoms with E-state index in [9.17, 15) is 14.7 Å². The van der Waals surface area contributed by atoms with E-state index in [-0.39, 0.29) is 17.2 Å². The molecule has 0 radical (unpaired) electrons. The van der Waals surface area contributed by atoms with Gasteiger partial charge in [-0.25, -0.2) is 5.43 Å². The molecule has 0 aliphatic carbocycles. The van der Waals surface area contributed by atoms with Crippen molar-refractivity contribution in [2.24, 2.45) is 5.10 Å². The van der Waals surface area contributed by atoms with Crippen molar-refractivity contribution in [2.45, 2.75) is 12.1 Å². The molecule has 1 amide bonds. The lowest BCUT2D eigenvalue weighted by Crippen LogP contribution is -2.34. The standard InChI is InChI=1S/C26H22ClN5O4S/c1-2-36-22-13-11-21(12-14-22)32-24(18-7-9-20(27)10-8-18)30-31-26(32)37-16-23(33)29-28-15-17-3-5-19(6-4-17)25(34)35/h3-15H,2,16H2,1H3,(H2,29,33,34,35). The summed E-state index contributed by atoms with van der Waals surface area (Å²) in [6, 6.07) is 20.9. The number of thioether (sulfide) groups is 1. The number of hydrogen-bond acceptors (Lipinski definition) is 7. The van der Waals surface area contributed by atoms with Crippen LogP contribution in [-0.4, -0.2) is 40.6 Å². The summed E-state index contributed by atoms with van der Waals surface area (Å²) in [7, 11) is 0. The summed E-state index contributed by atoms with van der Waals surface area (Å²) >= 11 is 7.30. The number of H-pyrrole nitrogens is 1. The Morgan fingerprint density at radius 3 is 2.46 bits per heavy atom. The van der Waals surface area contributed by atoms with Gasteiger partial charge in [-0.2, -0.15) is 9.67 Å². The first-order valence-electron chi connectivity index (χ1n) is 11.2. The molecule has 1 heterocycles. The molecule has 0 bridgehead atoms. The molecule has 0 unspecified atom stereocenters. The molecule has 0 spiro atoms. The van der Waals surface area contributed by atoms with Crippen molar-refractivity contribution in [3.63, 3.8) is 0 Å². The first kappa shape index (κ1) is 25.9. The van der Waals surface area contributed by atoms with E-state index < -0.39 is 5.97 Å². The van der Waals surface area contributed by atoms with Crippen molar-refractivity contribution >= 4 is 41.5 Å². The van der Waals surface area contributed by atoms with Crippen LogP contribution in [0, 0.1) is 0 Å². The van der Waals surface area contributed by atoms with Gasteiger partial charge in [0.05, 0.1) is 35.2 Å². The molecule has 0 saturated heterocycles. The lowest BCUT2D eigenvalue weighted by molar-refractivity contribution is -0.625. The van der Waals surface area contributed by atoms with Gasteiger partial charge in [0.1, 0.15) is 11.4 Å². The quantitative estimate of drug-likeness (QED) is 0.139. The number of hydrazone groups is 1. The molecule has 11 heteroatoms. The van der Waals surface area contributed by atoms with Gasteiger partial charge in [-0.3, -0.25) is 4.79 Å². The Balaban J connectivity index is 1.48. The average molecular weight is 536 g/mol. The molecule has 4 rings (SSSR count). The van der Waals surface area contributed by atoms with E-state index in [1.54, 1.807) is 24.3 Å². The van der Waals surface area contributed by atoms with E-state index in [2.05, 4.69) is 20.7 Å². The smallest absolute Gasteiger partial charge is 0.342 e. The van der Waals surface area contributed by atoms with Gasteiger partial charge in [0.15, 0.2) is 0 Å². The molecule has 0 fully saturated rings. The topological polar surface area (TPSA) is 123 Å². The van der Waals surface area contributed by atoms with Crippen LogP contribution in [0.4, 0.5) is 0 Å². The number of carbonyl (C=O) groups is 2. The molecule has 4 aromatic rings. The SMILES string of the molecule is CCOc1ccc(-[n+]2c(SCC(=O)NN=Cc3ccc(C(=O)[O-])cc3)n[nH]c2-c2ccc(Cl)cc2)cc1. The number of aromatic amines is 1. The summed E-state index contributed by atoms with van der Waals surface area (Å²) in [4.78, 5) is 23.3. The number of aromatic carboxylic acids is 1. The number of benzene rings is 3. The number of carboxylic acid groups (broad SMARTS) is 1. The second-order valence-electron chi connectivity index (χ2n) is 7.62. The van der Waals surface area contributed by atoms with Gasteiger partial charge in [-0.15, -0.1) is 5.10 Å². The van der Waals surface area contributed by atoms with Crippen LogP contribution in [0.15, 0.2) is 83.1 Å². The van der Waals surface area contributed by atoms with Crippen molar-refractivity contribution in [2.75, 3.05) is 12.4 Å². The third-order valence-corrected chi connectivity index (χ3v) is 6.27. The Labute approximate surface area is 222 Å². The molecule has 37 heavy (non-hydrogen) atoms. The van der Waals surface area contributed by atoms with Crippen LogP contribution in [-0.2, 0) is 4.79 Å². The molecule has 1 aromatic heterocycles. The highest BCUT2D eigenvalue weighted by Gasteiger charge is 2.24. The number of halogens is 1. The zero-order chi connectivity index (χ0) is 26.2. The summed E-state index contributed by atoms with van der Waals surface area (Å²) in [6.45, 7) is 2.49. The highest BCUT2D eigenvalue weighted by Crippen LogP contribution is 2.23. The normalized spacial score (nSPS) is 11.0. The monoisotopic (exact) mass is 535 g/mol. The van der Waals surface area contributed by atoms with Crippen molar-refractivity contribution in [1.82, 2.24) is 15.6 Å². The Morgan fingerprint density at radius 2 is 1.81 bits per heavy atom. The lowest BCUT2D eigenvalue weighted by atomic mass is 10.1. The number of amides is 1. The van der Waals surface area contributed by atoms with Crippen molar-refractivity contribution in [1.29, 1.82) is 0 Å². The number of aromatic nitrogens is 3. The van der Waals surface area contributed by atoms with E-state index in [4.69, 9.17) is 16.3 Å². The molecule has 3 aromatic carbocycles. The third kappa shape index (κ3) is 6.75. The molecule has 0 atom stereocenters. The minimum absolute atomic E-state index is 0.0584. The van der Waals surface area contributed by atoms with E-state index in [1.165, 1.54) is 30.1 Å². The molecule has 9 nitrogen and oxygen atoms in total. The Bertz CT molecular complexity index is 1400. The Hall–Kier alpha value is -4.15. The Kier molecular flexibility index (Phi) is 8.55. The predicted molar refractivity (Wildman–Crippen MR) is 139 cm³/mol. The van der Waals surface area contributed by atoms with E-state index in [1.807, 2.05) is 47.9 Å². The highest BCUT2D eigenvalue weighted by atomic mass is 35.5. The molecular weight excluding hydrogens is 514 g/mol. The lowest BCUT2D eigenvalue weighted by Gasteiger charge is -2.06. The van der Waals surface area contributed by atoms with Crippen molar-refractivity contribution < 1.29 is 24.0 Å². The largest absolute Gasteiger partial charge is 0.545 e. The van der Waals surface area contributed by atoms with Gasteiger partial charge in [-0.1, -0.05) is 35.9 Å². The van der Waals surface area contributed by atoms with E-state index in [0.29, 0.717) is 22.3 Å². The number of nitrogens with one attached hydrogen (secondary N) is 2. The van der Waals surface area contributed by atoms with Gasteiger partial charge in [-0.05, 0) is 78.3 Å². The molecule has 0 aliphatic rings. The van der Waals surface area contributed by atoms with Crippen LogP contribution in [0.1, 0.15) is 22.8 Å². The average Bonchev–Trinajstić information content (AvgIpc) is 3.33. The van der Waals surface area contributed by atoms with Crippen LogP contribution in [0.2, 0.25) is 5.02 Å². The fourth-order valence-electron chi connectivity index (χ4n) is 3.34. The molecule has 2 N–H and O–H groups in total. The molecule has 188 valence electrons. The van der Waals surface area contributed by atoms with Crippen LogP contribution in [0.3, 0.4) is 0 Å². The third-order valence-electron chi connectivity index (χ3n) is 5.08. The first-order valence-corrected chi connectivity index (χ1v) is 12.6. The van der Waals surface area contributed by atoms with Gasteiger partial charge >= 0.3 is 5.16 Å². The maximum Gasteiger partial charge on any atom is 0.342 e. The Morgan fingerprint density at radius 1 is 1.11 bits per heavy atom. The zero-order valence-electron chi connectivity index (χ0n) is 19.7. The maximum atomic E-state index is 12.4. The van der Waals surface area contributed by atoms with E-state index in [0.717, 1.165) is 22.8 Å². The van der Waals surface area contributed by atoms with E-state index >= 15 is 0 Å². The number of hydrogen-bond donors (Lipinski definition) is 2. The van der Waals surface area contributed by atoms with Gasteiger partial charge in [0.2, 0.25) is 0 Å². The maximum absolute atomic E-state index is 12.4. The summed E-state index contributed by atoms with van der Waals surface area (Å²) in [6.07, 6.45) is 1.43. The van der Waals surface area contributed by atoms with Crippen molar-refractivity contribution in [3.8, 4) is 22.8 Å². The molecule has 0 saturated carbocycles. The molecular formula is C26H22ClN5O4S. The van der Waals surface area contributed by atoms with Crippen LogP contribution in [0.25, 0.3) is 17.1 Å². The number of carboxylic acids is 1. The molecule has 0 aliphatic heterocycles. The summed E-state index contributed by atoms with van der Waals surface area (Å²) < 4.78 is 7.47. The first-order chi connectivity index (χ1) is 17.9. The summed E-state index contributed by atoms with van der Waals surface area (Å²) in [5.41, 5.74) is 4.87. The number of nitrogens with zero attached hydrogens (tertiary/aromatic N) is 3. The number of ether oxygens (including phenoxy) is 1. The van der Waals surface area contributed by atoms with Crippen LogP contribution in [0.5, 0.6) is 5.75 Å². The van der Waals surface area contributed by atoms with Gasteiger partial charge in [0, 0.05) is 5.02 Å². The van der Waals surface area contributed by atoms with Crippen LogP contribution >= 0.6 is 23.4 Å². The fraction of sp³-hybridized carbons (Fsp3) is 0.115. The van der Waals surface area contributed by atoms with Gasteiger partial charge in [0.25, 0.3) is 11.7 Å². The fourth-order valence-corrected chi connectivity index (χ4v) is 4.23. The summed E-state index contributed by atoms with van der Waals surface area (Å²) in [5, 5.41) is 23.5. The van der Waals surface area contributed by atoms with Crippen LogP contribution < -0.4 is 19.8 Å². The van der Waals surface area contributed by atoms with Gasteiger partial charge < -0.3 is 14.6 Å². The predicted octanol–water partition coefficient (Wildman–Crippen LogP) is 3.01. The van der Waals surface area contributed by atoms with Crippen molar-refractivity contribution in [3.05, 3.63) is 88.9 Å². The highest BCUT2D eigenvalue weighted by molar-refractivity contribution is 7.99. The minimum Gasteiger partial charge on any atom is -0.545 e. The second kappa shape index (κ2) is 12.2. The zero-order valence-corrected chi connectivity index (χ0v) is 21.3. The number of rotatable bonds is 10. The number of carbonyl (C=O) groups excluding carboxylic acids is 2.